The van der Waals surface area contributed by atoms with Crippen molar-refractivity contribution in [1.29, 1.82) is 0 Å². The lowest BCUT2D eigenvalue weighted by Crippen LogP contribution is -2.49. The number of rotatable bonds is 6. The van der Waals surface area contributed by atoms with E-state index in [4.69, 9.17) is 0 Å². The first kappa shape index (κ1) is 25.6. The number of likely N-dealkylation sites (tertiary alicyclic amines) is 1. The molecule has 196 valence electrons. The minimum atomic E-state index is -3.13. The molecular weight excluding hydrogens is 475 g/mol. The SMILES string of the molecule is CCS(=O)(=O)N1CCN(c2ccc(C3CN(C4CCc5cccc(F)c54)CC3N(C)C)cc2C)CC1. The quantitative estimate of drug-likeness (QED) is 0.589. The summed E-state index contributed by atoms with van der Waals surface area (Å²) in [6, 6.07) is 12.8. The van der Waals surface area contributed by atoms with Crippen LogP contribution in [-0.4, -0.2) is 87.7 Å². The zero-order chi connectivity index (χ0) is 25.6. The summed E-state index contributed by atoms with van der Waals surface area (Å²) < 4.78 is 40.9. The average molecular weight is 515 g/mol. The largest absolute Gasteiger partial charge is 0.369 e. The number of nitrogens with zero attached hydrogens (tertiary/aromatic N) is 4. The van der Waals surface area contributed by atoms with Gasteiger partial charge in [0.1, 0.15) is 5.82 Å². The molecular formula is C28H39FN4O2S. The first-order valence-corrected chi connectivity index (χ1v) is 14.8. The van der Waals surface area contributed by atoms with Gasteiger partial charge in [0.25, 0.3) is 0 Å². The summed E-state index contributed by atoms with van der Waals surface area (Å²) >= 11 is 0. The molecule has 2 aliphatic heterocycles. The highest BCUT2D eigenvalue weighted by Gasteiger charge is 2.41. The van der Waals surface area contributed by atoms with Crippen LogP contribution in [0.1, 0.15) is 47.6 Å². The average Bonchev–Trinajstić information content (AvgIpc) is 3.50. The normalized spacial score (nSPS) is 25.6. The lowest BCUT2D eigenvalue weighted by molar-refractivity contribution is 0.213. The van der Waals surface area contributed by atoms with Gasteiger partial charge in [0, 0.05) is 68.5 Å². The molecule has 0 N–H and O–H groups in total. The predicted molar refractivity (Wildman–Crippen MR) is 144 cm³/mol. The van der Waals surface area contributed by atoms with Gasteiger partial charge in [-0.1, -0.05) is 24.3 Å². The molecule has 3 unspecified atom stereocenters. The van der Waals surface area contributed by atoms with Gasteiger partial charge < -0.3 is 9.80 Å². The predicted octanol–water partition coefficient (Wildman–Crippen LogP) is 3.62. The third-order valence-corrected chi connectivity index (χ3v) is 10.5. The van der Waals surface area contributed by atoms with Crippen molar-refractivity contribution in [3.63, 3.8) is 0 Å². The number of benzene rings is 2. The topological polar surface area (TPSA) is 47.1 Å². The van der Waals surface area contributed by atoms with Crippen LogP contribution in [0.2, 0.25) is 0 Å². The lowest BCUT2D eigenvalue weighted by atomic mass is 9.92. The van der Waals surface area contributed by atoms with E-state index >= 15 is 0 Å². The van der Waals surface area contributed by atoms with Gasteiger partial charge in [0.05, 0.1) is 5.75 Å². The molecule has 5 rings (SSSR count). The van der Waals surface area contributed by atoms with Gasteiger partial charge in [-0.25, -0.2) is 12.8 Å². The Morgan fingerprint density at radius 2 is 1.81 bits per heavy atom. The zero-order valence-corrected chi connectivity index (χ0v) is 22.8. The van der Waals surface area contributed by atoms with E-state index in [0.717, 1.165) is 37.1 Å². The fourth-order valence-electron chi connectivity index (χ4n) is 6.55. The number of fused-ring (bicyclic) bond motifs is 1. The second kappa shape index (κ2) is 10.0. The number of hydrogen-bond acceptors (Lipinski definition) is 5. The number of hydrogen-bond donors (Lipinski definition) is 0. The number of aryl methyl sites for hydroxylation is 2. The van der Waals surface area contributed by atoms with Crippen molar-refractivity contribution >= 4 is 15.7 Å². The molecule has 6 nitrogen and oxygen atoms in total. The van der Waals surface area contributed by atoms with E-state index in [0.29, 0.717) is 38.1 Å². The first-order valence-electron chi connectivity index (χ1n) is 13.2. The molecule has 2 aromatic rings. The van der Waals surface area contributed by atoms with Gasteiger partial charge in [0.15, 0.2) is 0 Å². The van der Waals surface area contributed by atoms with Gasteiger partial charge in [-0.3, -0.25) is 4.90 Å². The first-order chi connectivity index (χ1) is 17.2. The summed E-state index contributed by atoms with van der Waals surface area (Å²) in [6.45, 7) is 8.23. The highest BCUT2D eigenvalue weighted by Crippen LogP contribution is 2.43. The van der Waals surface area contributed by atoms with Gasteiger partial charge in [-0.2, -0.15) is 4.31 Å². The molecule has 1 aliphatic carbocycles. The molecule has 0 saturated carbocycles. The Labute approximate surface area is 215 Å². The molecule has 2 heterocycles. The summed E-state index contributed by atoms with van der Waals surface area (Å²) in [5.41, 5.74) is 5.82. The van der Waals surface area contributed by atoms with Crippen LogP contribution in [-0.2, 0) is 16.4 Å². The highest BCUT2D eigenvalue weighted by atomic mass is 32.2. The van der Waals surface area contributed by atoms with E-state index in [1.54, 1.807) is 17.3 Å². The van der Waals surface area contributed by atoms with Crippen molar-refractivity contribution in [2.75, 3.05) is 64.0 Å². The molecule has 0 radical (unpaired) electrons. The van der Waals surface area contributed by atoms with Crippen molar-refractivity contribution < 1.29 is 12.8 Å². The number of sulfonamides is 1. The van der Waals surface area contributed by atoms with Crippen LogP contribution >= 0.6 is 0 Å². The van der Waals surface area contributed by atoms with Crippen LogP contribution in [0, 0.1) is 12.7 Å². The molecule has 2 saturated heterocycles. The van der Waals surface area contributed by atoms with Crippen LogP contribution in [0.3, 0.4) is 0 Å². The van der Waals surface area contributed by atoms with Crippen molar-refractivity contribution in [3.8, 4) is 0 Å². The Hall–Kier alpha value is -2.00. The Morgan fingerprint density at radius 3 is 2.47 bits per heavy atom. The fourth-order valence-corrected chi connectivity index (χ4v) is 7.63. The van der Waals surface area contributed by atoms with Crippen molar-refractivity contribution in [1.82, 2.24) is 14.1 Å². The van der Waals surface area contributed by atoms with Crippen LogP contribution in [0.25, 0.3) is 0 Å². The standard InChI is InChI=1S/C28H39FN4O2S/c1-5-36(34,35)33-15-13-31(14-16-33)25-11-10-22(17-20(25)2)23-18-32(19-27(23)30(3)4)26-12-9-21-7-6-8-24(29)28(21)26/h6-8,10-11,17,23,26-27H,5,9,12-16,18-19H2,1-4H3. The molecule has 8 heteroatoms. The maximum absolute atomic E-state index is 14.8. The minimum absolute atomic E-state index is 0.0631. The minimum Gasteiger partial charge on any atom is -0.369 e. The number of halogens is 1. The molecule has 0 bridgehead atoms. The summed E-state index contributed by atoms with van der Waals surface area (Å²) in [5.74, 6) is 0.452. The van der Waals surface area contributed by atoms with Crippen molar-refractivity contribution in [3.05, 3.63) is 64.5 Å². The summed E-state index contributed by atoms with van der Waals surface area (Å²) in [4.78, 5) is 7.13. The Kier molecular flexibility index (Phi) is 7.15. The Balaban J connectivity index is 1.33. The van der Waals surface area contributed by atoms with Gasteiger partial charge >= 0.3 is 0 Å². The molecule has 3 atom stereocenters. The number of likely N-dealkylation sites (N-methyl/N-ethyl adjacent to an activating group) is 1. The van der Waals surface area contributed by atoms with Crippen molar-refractivity contribution in [2.24, 2.45) is 0 Å². The monoisotopic (exact) mass is 514 g/mol. The molecule has 0 amide bonds. The van der Waals surface area contributed by atoms with Gasteiger partial charge in [-0.15, -0.1) is 0 Å². The molecule has 0 aromatic heterocycles. The molecule has 2 aromatic carbocycles. The van der Waals surface area contributed by atoms with Crippen LogP contribution < -0.4 is 4.90 Å². The highest BCUT2D eigenvalue weighted by molar-refractivity contribution is 7.89. The fraction of sp³-hybridized carbons (Fsp3) is 0.571. The van der Waals surface area contributed by atoms with E-state index in [2.05, 4.69) is 60.0 Å². The zero-order valence-electron chi connectivity index (χ0n) is 22.0. The molecule has 36 heavy (non-hydrogen) atoms. The van der Waals surface area contributed by atoms with Crippen molar-refractivity contribution in [2.45, 2.75) is 44.7 Å². The number of piperazine rings is 1. The molecule has 3 aliphatic rings. The Morgan fingerprint density at radius 1 is 1.06 bits per heavy atom. The third kappa shape index (κ3) is 4.69. The van der Waals surface area contributed by atoms with E-state index in [1.165, 1.54) is 16.8 Å². The lowest BCUT2D eigenvalue weighted by Gasteiger charge is -2.36. The Bertz CT molecular complexity index is 1210. The van der Waals surface area contributed by atoms with Gasteiger partial charge in [-0.05, 0) is 69.6 Å². The summed E-state index contributed by atoms with van der Waals surface area (Å²) in [7, 11) is 1.17. The van der Waals surface area contributed by atoms with Crippen LogP contribution in [0.4, 0.5) is 10.1 Å². The summed E-state index contributed by atoms with van der Waals surface area (Å²) in [5, 5.41) is 0. The maximum Gasteiger partial charge on any atom is 0.213 e. The smallest absolute Gasteiger partial charge is 0.213 e. The summed E-state index contributed by atoms with van der Waals surface area (Å²) in [6.07, 6.45) is 1.94. The van der Waals surface area contributed by atoms with E-state index < -0.39 is 10.0 Å². The molecule has 2 fully saturated rings. The van der Waals surface area contributed by atoms with E-state index in [1.807, 2.05) is 6.07 Å². The van der Waals surface area contributed by atoms with E-state index in [9.17, 15) is 12.8 Å². The van der Waals surface area contributed by atoms with E-state index in [-0.39, 0.29) is 17.6 Å². The second-order valence-electron chi connectivity index (χ2n) is 10.8. The maximum atomic E-state index is 14.8. The number of anilines is 1. The third-order valence-electron chi connectivity index (χ3n) is 8.57. The second-order valence-corrected chi connectivity index (χ2v) is 13.0. The molecule has 0 spiro atoms. The van der Waals surface area contributed by atoms with Crippen LogP contribution in [0.15, 0.2) is 36.4 Å². The van der Waals surface area contributed by atoms with Crippen LogP contribution in [0.5, 0.6) is 0 Å². The van der Waals surface area contributed by atoms with Gasteiger partial charge in [0.2, 0.25) is 10.0 Å².